The number of rotatable bonds is 2. The molecule has 5 nitrogen and oxygen atoms in total. The molecule has 1 fully saturated rings. The lowest BCUT2D eigenvalue weighted by atomic mass is 9.83. The Hall–Kier alpha value is -2.04. The Balaban J connectivity index is 1.52. The molecule has 0 saturated heterocycles. The molecule has 0 aliphatic heterocycles. The molecule has 0 radical (unpaired) electrons. The molecule has 0 spiro atoms. The molecule has 4 rings (SSSR count). The maximum atomic E-state index is 4.61. The smallest absolute Gasteiger partial charge is 0.214 e. The van der Waals surface area contributed by atoms with E-state index >= 15 is 0 Å². The average molecular weight is 313 g/mol. The molecule has 0 atom stereocenters. The van der Waals surface area contributed by atoms with E-state index in [0.29, 0.717) is 11.7 Å². The Morgan fingerprint density at radius 2 is 2.14 bits per heavy atom. The van der Waals surface area contributed by atoms with Crippen LogP contribution in [0.2, 0.25) is 0 Å². The molecule has 0 amide bonds. The van der Waals surface area contributed by atoms with Gasteiger partial charge in [-0.05, 0) is 30.0 Å². The molecule has 0 aromatic carbocycles. The first-order valence-corrected chi connectivity index (χ1v) is 8.44. The summed E-state index contributed by atoms with van der Waals surface area (Å²) in [5.74, 6) is 7.57. The van der Waals surface area contributed by atoms with Gasteiger partial charge in [0, 0.05) is 22.2 Å². The monoisotopic (exact) mass is 313 g/mol. The quantitative estimate of drug-likeness (QED) is 0.738. The summed E-state index contributed by atoms with van der Waals surface area (Å²) in [6.07, 6.45) is 3.88. The summed E-state index contributed by atoms with van der Waals surface area (Å²) >= 11 is 3.19. The van der Waals surface area contributed by atoms with Gasteiger partial charge in [-0.1, -0.05) is 12.3 Å². The highest BCUT2D eigenvalue weighted by molar-refractivity contribution is 7.13. The van der Waals surface area contributed by atoms with Gasteiger partial charge >= 0.3 is 0 Å². The second-order valence-corrected chi connectivity index (χ2v) is 6.66. The van der Waals surface area contributed by atoms with Crippen LogP contribution in [0.5, 0.6) is 0 Å². The minimum Gasteiger partial charge on any atom is -0.232 e. The number of thiophene rings is 1. The van der Waals surface area contributed by atoms with Crippen molar-refractivity contribution in [3.05, 3.63) is 33.1 Å². The van der Waals surface area contributed by atoms with Crippen molar-refractivity contribution in [2.75, 3.05) is 0 Å². The first-order valence-electron chi connectivity index (χ1n) is 6.68. The van der Waals surface area contributed by atoms with Crippen molar-refractivity contribution in [2.24, 2.45) is 0 Å². The van der Waals surface area contributed by atoms with Crippen molar-refractivity contribution < 1.29 is 0 Å². The number of thiazole rings is 1. The molecule has 0 bridgehead atoms. The van der Waals surface area contributed by atoms with Crippen LogP contribution < -0.4 is 0 Å². The summed E-state index contributed by atoms with van der Waals surface area (Å²) in [4.78, 5) is 5.57. The topological polar surface area (TPSA) is 67.3 Å². The fraction of sp³-hybridized carbons (Fsp3) is 0.286. The van der Waals surface area contributed by atoms with Crippen molar-refractivity contribution >= 4 is 22.7 Å². The zero-order valence-corrected chi connectivity index (χ0v) is 12.7. The highest BCUT2D eigenvalue weighted by Crippen LogP contribution is 2.36. The molecule has 104 valence electrons. The fourth-order valence-corrected chi connectivity index (χ4v) is 3.66. The number of hydrogen-bond acceptors (Lipinski definition) is 6. The van der Waals surface area contributed by atoms with Crippen LogP contribution in [0.25, 0.3) is 10.7 Å². The number of nitrogens with zero attached hydrogens (tertiary/aromatic N) is 4. The van der Waals surface area contributed by atoms with Gasteiger partial charge in [0.15, 0.2) is 5.01 Å². The molecule has 3 heterocycles. The van der Waals surface area contributed by atoms with Gasteiger partial charge in [0.05, 0.1) is 10.6 Å². The minimum absolute atomic E-state index is 0.606. The summed E-state index contributed by atoms with van der Waals surface area (Å²) in [7, 11) is 0. The van der Waals surface area contributed by atoms with E-state index < -0.39 is 0 Å². The van der Waals surface area contributed by atoms with Crippen molar-refractivity contribution in [1.29, 1.82) is 0 Å². The van der Waals surface area contributed by atoms with Crippen LogP contribution >= 0.6 is 22.7 Å². The summed E-state index contributed by atoms with van der Waals surface area (Å²) in [5, 5.41) is 19.0. The highest BCUT2D eigenvalue weighted by atomic mass is 32.1. The van der Waals surface area contributed by atoms with Gasteiger partial charge in [-0.25, -0.2) is 4.98 Å². The van der Waals surface area contributed by atoms with Gasteiger partial charge in [0.1, 0.15) is 0 Å². The molecular formula is C14H11N5S2. The van der Waals surface area contributed by atoms with Crippen molar-refractivity contribution in [3.8, 4) is 22.5 Å². The van der Waals surface area contributed by atoms with Crippen LogP contribution in [0.1, 0.15) is 41.4 Å². The molecule has 1 saturated carbocycles. The second kappa shape index (κ2) is 5.39. The van der Waals surface area contributed by atoms with Crippen LogP contribution in [0, 0.1) is 11.8 Å². The maximum Gasteiger partial charge on any atom is 0.214 e. The van der Waals surface area contributed by atoms with E-state index in [4.69, 9.17) is 0 Å². The summed E-state index contributed by atoms with van der Waals surface area (Å²) in [6, 6.07) is 1.98. The van der Waals surface area contributed by atoms with E-state index in [9.17, 15) is 0 Å². The molecule has 1 N–H and O–H groups in total. The Labute approximate surface area is 129 Å². The normalized spacial score (nSPS) is 14.5. The van der Waals surface area contributed by atoms with E-state index in [1.54, 1.807) is 22.7 Å². The standard InChI is InChI=1S/C14H11N5S2/c1-2-10(3-1)11-8-21-13(15-11)5-4-9-6-12(20-7-9)14-16-18-19-17-14/h6-8,10H,1-3H2,(H,16,17,18,19). The number of hydrogen-bond donors (Lipinski definition) is 1. The molecule has 7 heteroatoms. The Bertz CT molecular complexity index is 802. The van der Waals surface area contributed by atoms with Gasteiger partial charge in [0.2, 0.25) is 5.82 Å². The van der Waals surface area contributed by atoms with Gasteiger partial charge in [0.25, 0.3) is 0 Å². The van der Waals surface area contributed by atoms with Crippen LogP contribution in [0.3, 0.4) is 0 Å². The predicted molar refractivity (Wildman–Crippen MR) is 82.2 cm³/mol. The lowest BCUT2D eigenvalue weighted by molar-refractivity contribution is 0.412. The summed E-state index contributed by atoms with van der Waals surface area (Å²) < 4.78 is 0. The van der Waals surface area contributed by atoms with Crippen LogP contribution in [-0.2, 0) is 0 Å². The SMILES string of the molecule is C(#Cc1nc(C2CCC2)cs1)c1csc(-c2nn[nH]n2)c1. The summed E-state index contributed by atoms with van der Waals surface area (Å²) in [6.45, 7) is 0. The predicted octanol–water partition coefficient (Wildman–Crippen LogP) is 3.05. The van der Waals surface area contributed by atoms with Crippen LogP contribution in [0.15, 0.2) is 16.8 Å². The zero-order chi connectivity index (χ0) is 14.1. The van der Waals surface area contributed by atoms with Crippen molar-refractivity contribution in [3.63, 3.8) is 0 Å². The fourth-order valence-electron chi connectivity index (χ4n) is 2.15. The zero-order valence-electron chi connectivity index (χ0n) is 11.0. The van der Waals surface area contributed by atoms with Gasteiger partial charge in [-0.2, -0.15) is 5.21 Å². The Kier molecular flexibility index (Phi) is 3.25. The number of aromatic nitrogens is 5. The van der Waals surface area contributed by atoms with Crippen LogP contribution in [0.4, 0.5) is 0 Å². The average Bonchev–Trinajstić information content (AvgIpc) is 3.16. The van der Waals surface area contributed by atoms with E-state index in [0.717, 1.165) is 15.4 Å². The number of H-pyrrole nitrogens is 1. The van der Waals surface area contributed by atoms with Crippen molar-refractivity contribution in [1.82, 2.24) is 25.6 Å². The Morgan fingerprint density at radius 1 is 1.19 bits per heavy atom. The third-order valence-electron chi connectivity index (χ3n) is 3.52. The molecule has 21 heavy (non-hydrogen) atoms. The molecule has 0 unspecified atom stereocenters. The third kappa shape index (κ3) is 2.60. The van der Waals surface area contributed by atoms with Gasteiger partial charge in [-0.15, -0.1) is 32.9 Å². The van der Waals surface area contributed by atoms with Gasteiger partial charge < -0.3 is 0 Å². The lowest BCUT2D eigenvalue weighted by Crippen LogP contribution is -2.08. The molecule has 1 aliphatic rings. The minimum atomic E-state index is 0.606. The highest BCUT2D eigenvalue weighted by Gasteiger charge is 2.21. The molecular weight excluding hydrogens is 302 g/mol. The Morgan fingerprint density at radius 3 is 2.90 bits per heavy atom. The first kappa shape index (κ1) is 12.7. The van der Waals surface area contributed by atoms with E-state index in [1.807, 2.05) is 11.4 Å². The molecule has 3 aromatic rings. The number of aromatic amines is 1. The summed E-state index contributed by atoms with van der Waals surface area (Å²) in [5.41, 5.74) is 2.17. The van der Waals surface area contributed by atoms with Crippen molar-refractivity contribution in [2.45, 2.75) is 25.2 Å². The van der Waals surface area contributed by atoms with Gasteiger partial charge in [-0.3, -0.25) is 0 Å². The third-order valence-corrected chi connectivity index (χ3v) is 5.23. The second-order valence-electron chi connectivity index (χ2n) is 4.89. The number of nitrogens with one attached hydrogen (secondary N) is 1. The van der Waals surface area contributed by atoms with E-state index in [-0.39, 0.29) is 0 Å². The van der Waals surface area contributed by atoms with E-state index in [2.05, 4.69) is 42.8 Å². The van der Waals surface area contributed by atoms with E-state index in [1.165, 1.54) is 25.0 Å². The molecule has 1 aliphatic carbocycles. The lowest BCUT2D eigenvalue weighted by Gasteiger charge is -2.22. The molecule has 3 aromatic heterocycles. The largest absolute Gasteiger partial charge is 0.232 e. The first-order chi connectivity index (χ1) is 10.4. The maximum absolute atomic E-state index is 4.61. The number of tetrazole rings is 1. The van der Waals surface area contributed by atoms with Crippen LogP contribution in [-0.4, -0.2) is 25.6 Å².